The maximum Gasteiger partial charge on any atom is 0.226 e. The van der Waals surface area contributed by atoms with E-state index in [9.17, 15) is 9.90 Å². The Balaban J connectivity index is 1.87. The van der Waals surface area contributed by atoms with Crippen LogP contribution in [0.15, 0.2) is 36.5 Å². The van der Waals surface area contributed by atoms with Crippen molar-refractivity contribution in [2.24, 2.45) is 11.3 Å². The van der Waals surface area contributed by atoms with Gasteiger partial charge in [-0.15, -0.1) is 0 Å². The first-order valence-electron chi connectivity index (χ1n) is 9.78. The lowest BCUT2D eigenvalue weighted by atomic mass is 9.55. The van der Waals surface area contributed by atoms with Crippen molar-refractivity contribution in [1.29, 1.82) is 0 Å². The van der Waals surface area contributed by atoms with Gasteiger partial charge in [-0.25, -0.2) is 0 Å². The minimum Gasteiger partial charge on any atom is -0.508 e. The smallest absolute Gasteiger partial charge is 0.226 e. The van der Waals surface area contributed by atoms with Crippen LogP contribution in [0.4, 0.5) is 0 Å². The Morgan fingerprint density at radius 3 is 2.71 bits per heavy atom. The maximum atomic E-state index is 12.9. The van der Waals surface area contributed by atoms with Crippen molar-refractivity contribution in [2.45, 2.75) is 51.0 Å². The second kappa shape index (κ2) is 7.23. The number of aromatic hydroxyl groups is 1. The summed E-state index contributed by atoms with van der Waals surface area (Å²) in [6, 6.07) is 9.04. The average Bonchev–Trinajstić information content (AvgIpc) is 2.93. The fourth-order valence-corrected chi connectivity index (χ4v) is 5.99. The van der Waals surface area contributed by atoms with Crippen molar-refractivity contribution in [3.05, 3.63) is 57.8 Å². The number of phenolic OH excluding ortho intramolecular Hbond substituents is 1. The molecule has 1 saturated heterocycles. The van der Waals surface area contributed by atoms with Crippen LogP contribution in [0.1, 0.15) is 56.2 Å². The van der Waals surface area contributed by atoms with Crippen LogP contribution in [0.2, 0.25) is 10.0 Å². The van der Waals surface area contributed by atoms with Crippen molar-refractivity contribution in [1.82, 2.24) is 10.3 Å². The number of fused-ring (bicyclic) bond motifs is 1. The number of amides is 1. The van der Waals surface area contributed by atoms with Crippen LogP contribution in [0.5, 0.6) is 5.75 Å². The first-order chi connectivity index (χ1) is 13.4. The molecule has 1 amide bonds. The molecule has 1 aliphatic carbocycles. The van der Waals surface area contributed by atoms with Gasteiger partial charge in [-0.3, -0.25) is 9.78 Å². The molecule has 1 aromatic heterocycles. The van der Waals surface area contributed by atoms with Crippen LogP contribution in [-0.2, 0) is 4.79 Å². The molecule has 1 aromatic carbocycles. The number of carbonyl (C=O) groups is 1. The lowest BCUT2D eigenvalue weighted by Crippen LogP contribution is -2.44. The zero-order valence-electron chi connectivity index (χ0n) is 16.0. The van der Waals surface area contributed by atoms with Gasteiger partial charge in [0.15, 0.2) is 0 Å². The third-order valence-electron chi connectivity index (χ3n) is 6.82. The topological polar surface area (TPSA) is 62.2 Å². The molecular weight excluding hydrogens is 395 g/mol. The van der Waals surface area contributed by atoms with Gasteiger partial charge in [0.1, 0.15) is 5.75 Å². The molecule has 2 N–H and O–H groups in total. The lowest BCUT2D eigenvalue weighted by Gasteiger charge is -2.47. The van der Waals surface area contributed by atoms with Crippen LogP contribution < -0.4 is 5.32 Å². The van der Waals surface area contributed by atoms with Crippen molar-refractivity contribution < 1.29 is 9.90 Å². The minimum atomic E-state index is -0.384. The van der Waals surface area contributed by atoms with E-state index in [0.29, 0.717) is 10.0 Å². The zero-order valence-corrected chi connectivity index (χ0v) is 17.5. The number of hydrogen-bond donors (Lipinski definition) is 2. The van der Waals surface area contributed by atoms with Gasteiger partial charge in [0.25, 0.3) is 0 Å². The molecule has 28 heavy (non-hydrogen) atoms. The summed E-state index contributed by atoms with van der Waals surface area (Å²) in [5, 5.41) is 14.1. The molecule has 6 heteroatoms. The van der Waals surface area contributed by atoms with Crippen LogP contribution in [0.25, 0.3) is 0 Å². The van der Waals surface area contributed by atoms with Crippen molar-refractivity contribution in [3.63, 3.8) is 0 Å². The van der Waals surface area contributed by atoms with Crippen molar-refractivity contribution in [3.8, 4) is 5.75 Å². The van der Waals surface area contributed by atoms with Crippen LogP contribution in [0, 0.1) is 11.3 Å². The number of hydrogen-bond acceptors (Lipinski definition) is 3. The van der Waals surface area contributed by atoms with E-state index in [0.717, 1.165) is 30.5 Å². The predicted molar refractivity (Wildman–Crippen MR) is 111 cm³/mol. The first-order valence-corrected chi connectivity index (χ1v) is 10.5. The van der Waals surface area contributed by atoms with Gasteiger partial charge in [0.05, 0.1) is 10.4 Å². The summed E-state index contributed by atoms with van der Waals surface area (Å²) in [5.74, 6) is 0.562. The predicted octanol–water partition coefficient (Wildman–Crippen LogP) is 5.29. The molecule has 2 aliphatic rings. The quantitative estimate of drug-likeness (QED) is 0.711. The SMILES string of the molecule is CC[C@@]12CC[C@@H](c3ccc(O)cc3Cl)[C@H](c3ccc(Cl)cn3)[C@@H]1[C@@H](C)NC2=O. The molecular formula is C22H24Cl2N2O2. The number of pyridine rings is 1. The summed E-state index contributed by atoms with van der Waals surface area (Å²) in [7, 11) is 0. The molecule has 0 spiro atoms. The van der Waals surface area contributed by atoms with Gasteiger partial charge in [0, 0.05) is 34.8 Å². The number of benzene rings is 1. The summed E-state index contributed by atoms with van der Waals surface area (Å²) >= 11 is 12.6. The number of phenols is 1. The molecule has 1 saturated carbocycles. The highest BCUT2D eigenvalue weighted by atomic mass is 35.5. The number of carbonyl (C=O) groups excluding carboxylic acids is 1. The van der Waals surface area contributed by atoms with Gasteiger partial charge in [-0.2, -0.15) is 0 Å². The number of nitrogens with one attached hydrogen (secondary N) is 1. The van der Waals surface area contributed by atoms with Crippen molar-refractivity contribution in [2.75, 3.05) is 0 Å². The molecule has 0 radical (unpaired) electrons. The Morgan fingerprint density at radius 1 is 1.29 bits per heavy atom. The van der Waals surface area contributed by atoms with Gasteiger partial charge in [-0.1, -0.05) is 36.2 Å². The Morgan fingerprint density at radius 2 is 2.07 bits per heavy atom. The van der Waals surface area contributed by atoms with E-state index >= 15 is 0 Å². The van der Waals surface area contributed by atoms with E-state index in [1.54, 1.807) is 18.3 Å². The highest BCUT2D eigenvalue weighted by molar-refractivity contribution is 6.31. The number of aromatic nitrogens is 1. The van der Waals surface area contributed by atoms with Gasteiger partial charge >= 0.3 is 0 Å². The van der Waals surface area contributed by atoms with E-state index in [-0.39, 0.29) is 40.9 Å². The normalized spacial score (nSPS) is 32.1. The summed E-state index contributed by atoms with van der Waals surface area (Å²) in [6.45, 7) is 4.19. The average molecular weight is 419 g/mol. The monoisotopic (exact) mass is 418 g/mol. The van der Waals surface area contributed by atoms with Crippen molar-refractivity contribution >= 4 is 29.1 Å². The van der Waals surface area contributed by atoms with E-state index in [4.69, 9.17) is 23.2 Å². The number of rotatable bonds is 3. The maximum absolute atomic E-state index is 12.9. The first kappa shape index (κ1) is 19.5. The highest BCUT2D eigenvalue weighted by Gasteiger charge is 2.59. The third kappa shape index (κ3) is 2.98. The van der Waals surface area contributed by atoms with Crippen LogP contribution in [0.3, 0.4) is 0 Å². The highest BCUT2D eigenvalue weighted by Crippen LogP contribution is 2.60. The Hall–Kier alpha value is -1.78. The van der Waals surface area contributed by atoms with Gasteiger partial charge in [-0.05, 0) is 61.9 Å². The van der Waals surface area contributed by atoms with Crippen LogP contribution in [-0.4, -0.2) is 22.0 Å². The number of nitrogens with zero attached hydrogens (tertiary/aromatic N) is 1. The van der Waals surface area contributed by atoms with E-state index in [2.05, 4.69) is 24.1 Å². The molecule has 4 rings (SSSR count). The third-order valence-corrected chi connectivity index (χ3v) is 7.37. The molecule has 2 heterocycles. The zero-order chi connectivity index (χ0) is 20.1. The molecule has 4 nitrogen and oxygen atoms in total. The summed E-state index contributed by atoms with van der Waals surface area (Å²) < 4.78 is 0. The molecule has 5 atom stereocenters. The van der Waals surface area contributed by atoms with Crippen LogP contribution >= 0.6 is 23.2 Å². The Bertz CT molecular complexity index is 902. The summed E-state index contributed by atoms with van der Waals surface area (Å²) in [4.78, 5) is 17.6. The second-order valence-electron chi connectivity index (χ2n) is 8.08. The molecule has 2 fully saturated rings. The van der Waals surface area contributed by atoms with Gasteiger partial charge in [0.2, 0.25) is 5.91 Å². The largest absolute Gasteiger partial charge is 0.508 e. The van der Waals surface area contributed by atoms with E-state index < -0.39 is 0 Å². The fourth-order valence-electron chi connectivity index (χ4n) is 5.56. The minimum absolute atomic E-state index is 0.0296. The standard InChI is InChI=1S/C22H24Cl2N2O2/c1-3-22-9-8-16(15-6-5-14(27)10-17(15)24)19(18-7-4-13(23)11-25-18)20(22)12(2)26-21(22)28/h4-7,10-12,16,19-20,27H,3,8-9H2,1-2H3,(H,26,28)/t12-,16+,19-,20+,22-/m1/s1. The molecule has 1 aliphatic heterocycles. The molecule has 148 valence electrons. The van der Waals surface area contributed by atoms with E-state index in [1.807, 2.05) is 18.2 Å². The number of halogens is 2. The van der Waals surface area contributed by atoms with E-state index in [1.165, 1.54) is 0 Å². The lowest BCUT2D eigenvalue weighted by molar-refractivity contribution is -0.131. The molecule has 0 unspecified atom stereocenters. The fraction of sp³-hybridized carbons (Fsp3) is 0.455. The Kier molecular flexibility index (Phi) is 5.05. The van der Waals surface area contributed by atoms with Gasteiger partial charge < -0.3 is 10.4 Å². The summed E-state index contributed by atoms with van der Waals surface area (Å²) in [5.41, 5.74) is 1.55. The molecule has 2 aromatic rings. The summed E-state index contributed by atoms with van der Waals surface area (Å²) in [6.07, 6.45) is 4.12. The Labute approximate surface area is 175 Å². The second-order valence-corrected chi connectivity index (χ2v) is 8.92. The molecule has 0 bridgehead atoms.